The third-order valence-corrected chi connectivity index (χ3v) is 22.9. The molecule has 2 saturated heterocycles. The second-order valence-corrected chi connectivity index (χ2v) is 31.3. The molecule has 0 bridgehead atoms. The summed E-state index contributed by atoms with van der Waals surface area (Å²) in [6, 6.07) is 20.2. The molecule has 0 radical (unpaired) electrons. The van der Waals surface area contributed by atoms with Gasteiger partial charge in [-0.2, -0.15) is 26.3 Å². The Hall–Kier alpha value is -6.05. The number of hydrogen-bond acceptors (Lipinski definition) is 19. The number of esters is 1. The van der Waals surface area contributed by atoms with Crippen LogP contribution in [0.2, 0.25) is 0 Å². The maximum atomic E-state index is 11.4. The van der Waals surface area contributed by atoms with E-state index in [9.17, 15) is 20.1 Å². The van der Waals surface area contributed by atoms with Gasteiger partial charge in [0.1, 0.15) is 23.2 Å². The summed E-state index contributed by atoms with van der Waals surface area (Å²) in [7, 11) is 8.33. The highest BCUT2D eigenvalue weighted by Gasteiger charge is 2.43. The maximum Gasteiger partial charge on any atom is 0.326 e. The van der Waals surface area contributed by atoms with Gasteiger partial charge in [0.15, 0.2) is 16.6 Å². The molecule has 4 heterocycles. The summed E-state index contributed by atoms with van der Waals surface area (Å²) < 4.78 is 29.0. The smallest absolute Gasteiger partial charge is 0.326 e. The topological polar surface area (TPSA) is 266 Å². The van der Waals surface area contributed by atoms with Crippen LogP contribution in [0.5, 0.6) is 11.5 Å². The van der Waals surface area contributed by atoms with Crippen LogP contribution in [0.4, 0.5) is 0 Å². The zero-order chi connectivity index (χ0) is 69.6. The fraction of sp³-hybridized carbons (Fsp3) is 0.734. The standard InChI is InChI=1S/2C28H40N4O2.C9H13NO2.C7H11NO.C7H9NO.2ClH/c2*1-31(2)17-24-26(33-18-22-5-6-22)10-8-23-25(30-34-27(23)24)9-7-21-11-15-32(16-12-21)20-28(19-29)13-3-4-14-28;1-2-12-8(11)9(7-10)5-3-4-6-9;2*8-5-7(6-9)3-1-2-4-7;;/h2*8,10,21-22H,3-7,9,11-18,20H2,1-2H3;2-6H2,1H3;9H,1-4,6H2;6H,1-4H2;2*1H. The van der Waals surface area contributed by atoms with Gasteiger partial charge in [0.05, 0.1) is 95.5 Å². The zero-order valence-electron chi connectivity index (χ0n) is 60.8. The lowest BCUT2D eigenvalue weighted by atomic mass is 9.85. The highest BCUT2D eigenvalue weighted by molar-refractivity contribution is 5.86. The van der Waals surface area contributed by atoms with E-state index in [0.717, 1.165) is 267 Å². The Balaban J connectivity index is 0.000000197. The van der Waals surface area contributed by atoms with E-state index in [0.29, 0.717) is 19.4 Å². The lowest BCUT2D eigenvalue weighted by Crippen LogP contribution is -2.40. The van der Waals surface area contributed by atoms with Crippen LogP contribution < -0.4 is 9.47 Å². The van der Waals surface area contributed by atoms with Gasteiger partial charge in [-0.25, -0.2) is 0 Å². The molecule has 21 heteroatoms. The number of likely N-dealkylation sites (tertiary alicyclic amines) is 2. The predicted molar refractivity (Wildman–Crippen MR) is 391 cm³/mol. The van der Waals surface area contributed by atoms with Crippen molar-refractivity contribution in [2.24, 2.45) is 50.7 Å². The number of halogens is 2. The summed E-state index contributed by atoms with van der Waals surface area (Å²) >= 11 is 0. The van der Waals surface area contributed by atoms with Crippen molar-refractivity contribution >= 4 is 59.0 Å². The molecule has 100 heavy (non-hydrogen) atoms. The first kappa shape index (κ1) is 81.3. The number of carbonyl (C=O) groups is 2. The second kappa shape index (κ2) is 39.0. The van der Waals surface area contributed by atoms with Crippen LogP contribution in [0.15, 0.2) is 33.3 Å². The van der Waals surface area contributed by atoms with E-state index >= 15 is 0 Å². The number of aliphatic hydroxyl groups excluding tert-OH is 1. The number of nitriles is 5. The summed E-state index contributed by atoms with van der Waals surface area (Å²) in [5, 5.41) is 65.5. The molecular formula is C79H115Cl2N11O8. The Morgan fingerprint density at radius 1 is 0.550 bits per heavy atom. The number of aliphatic hydroxyl groups is 1. The summed E-state index contributed by atoms with van der Waals surface area (Å²) in [6.07, 6.45) is 35.2. The lowest BCUT2D eigenvalue weighted by molar-refractivity contribution is -0.151. The van der Waals surface area contributed by atoms with Gasteiger partial charge >= 0.3 is 5.97 Å². The van der Waals surface area contributed by atoms with Crippen LogP contribution in [-0.4, -0.2) is 141 Å². The number of rotatable bonds is 24. The largest absolute Gasteiger partial charge is 0.493 e. The molecule has 1 N–H and O–H groups in total. The molecular weight excluding hydrogens is 1300 g/mol. The van der Waals surface area contributed by atoms with E-state index in [2.05, 4.69) is 113 Å². The maximum absolute atomic E-state index is 11.4. The van der Waals surface area contributed by atoms with Crippen molar-refractivity contribution in [2.75, 3.05) is 93.9 Å². The molecule has 13 rings (SSSR count). The SMILES string of the molecule is CCOC(=O)C1(C#N)CCCC1.CN(C)Cc1c(OCC2CC2)ccc2c(CCC3CCN(CC4(C#N)CCCC4)CC3)noc12.CN(C)Cc1c(OCC2CC2)ccc2c(CCC3CCN(CC4(C#N)CCCC4)CC3)noc12.Cl.Cl.N#CC1(C=O)CCCC1.N#CC1(CO)CCCC1. The van der Waals surface area contributed by atoms with Crippen molar-refractivity contribution < 1.29 is 38.0 Å². The Morgan fingerprint density at radius 2 is 0.930 bits per heavy atom. The summed E-state index contributed by atoms with van der Waals surface area (Å²) in [5.41, 5.74) is 4.28. The van der Waals surface area contributed by atoms with Gasteiger partial charge in [-0.15, -0.1) is 24.8 Å². The third kappa shape index (κ3) is 22.2. The summed E-state index contributed by atoms with van der Waals surface area (Å²) in [6.45, 7) is 11.8. The fourth-order valence-electron chi connectivity index (χ4n) is 16.1. The molecule has 0 atom stereocenters. The minimum Gasteiger partial charge on any atom is -0.493 e. The van der Waals surface area contributed by atoms with E-state index in [1.807, 2.05) is 0 Å². The van der Waals surface area contributed by atoms with Gasteiger partial charge in [0, 0.05) is 37.0 Å². The van der Waals surface area contributed by atoms with Gasteiger partial charge < -0.3 is 52.8 Å². The van der Waals surface area contributed by atoms with Crippen molar-refractivity contribution in [3.05, 3.63) is 46.8 Å². The van der Waals surface area contributed by atoms with Crippen LogP contribution >= 0.6 is 24.8 Å². The van der Waals surface area contributed by atoms with Crippen molar-refractivity contribution in [3.63, 3.8) is 0 Å². The molecule has 2 aliphatic heterocycles. The number of aldehydes is 1. The van der Waals surface area contributed by atoms with E-state index in [1.165, 1.54) is 77.0 Å². The van der Waals surface area contributed by atoms with Gasteiger partial charge in [-0.1, -0.05) is 74.5 Å². The van der Waals surface area contributed by atoms with Crippen molar-refractivity contribution in [2.45, 2.75) is 225 Å². The van der Waals surface area contributed by atoms with Crippen molar-refractivity contribution in [1.29, 1.82) is 26.3 Å². The number of hydrogen-bond donors (Lipinski definition) is 1. The van der Waals surface area contributed by atoms with E-state index in [4.69, 9.17) is 44.1 Å². The summed E-state index contributed by atoms with van der Waals surface area (Å²) in [4.78, 5) is 31.1. The number of nitrogens with zero attached hydrogens (tertiary/aromatic N) is 11. The first-order valence-electron chi connectivity index (χ1n) is 37.6. The second-order valence-electron chi connectivity index (χ2n) is 31.3. The van der Waals surface area contributed by atoms with Crippen LogP contribution in [0, 0.1) is 107 Å². The molecule has 4 aromatic rings. The number of piperidine rings is 2. The Morgan fingerprint density at radius 3 is 1.24 bits per heavy atom. The van der Waals surface area contributed by atoms with Gasteiger partial charge in [0.2, 0.25) is 0 Å². The highest BCUT2D eigenvalue weighted by atomic mass is 35.5. The monoisotopic (exact) mass is 1420 g/mol. The number of benzene rings is 2. The number of ether oxygens (including phenoxy) is 3. The van der Waals surface area contributed by atoms with Crippen molar-refractivity contribution in [3.8, 4) is 41.8 Å². The van der Waals surface area contributed by atoms with Crippen molar-refractivity contribution in [1.82, 2.24) is 29.9 Å². The van der Waals surface area contributed by atoms with E-state index < -0.39 is 10.8 Å². The van der Waals surface area contributed by atoms with Crippen LogP contribution in [0.1, 0.15) is 222 Å². The fourth-order valence-corrected chi connectivity index (χ4v) is 16.1. The highest BCUT2D eigenvalue weighted by Crippen LogP contribution is 2.44. The van der Waals surface area contributed by atoms with Gasteiger partial charge in [-0.05, 0) is 250 Å². The van der Waals surface area contributed by atoms with Crippen LogP contribution in [-0.2, 0) is 40.3 Å². The first-order valence-corrected chi connectivity index (χ1v) is 37.6. The van der Waals surface area contributed by atoms with Crippen LogP contribution in [0.25, 0.3) is 21.9 Å². The normalized spacial score (nSPS) is 21.1. The molecule has 2 aromatic carbocycles. The molecule has 19 nitrogen and oxygen atoms in total. The number of aromatic nitrogens is 2. The molecule has 7 saturated carbocycles. The predicted octanol–water partition coefficient (Wildman–Crippen LogP) is 15.6. The van der Waals surface area contributed by atoms with E-state index in [1.54, 1.807) is 6.92 Å². The van der Waals surface area contributed by atoms with Gasteiger partial charge in [0.25, 0.3) is 0 Å². The average molecular weight is 1420 g/mol. The average Bonchev–Trinajstić information content (AvgIpc) is 1.60. The molecule has 0 spiro atoms. The van der Waals surface area contributed by atoms with Gasteiger partial charge in [-0.3, -0.25) is 4.79 Å². The minimum absolute atomic E-state index is 0. The Kier molecular flexibility index (Phi) is 31.7. The first-order chi connectivity index (χ1) is 47.5. The summed E-state index contributed by atoms with van der Waals surface area (Å²) in [5.74, 6) is 4.47. The minimum atomic E-state index is -0.810. The molecule has 2 aromatic heterocycles. The quantitative estimate of drug-likeness (QED) is 0.0504. The Labute approximate surface area is 608 Å². The molecule has 0 amide bonds. The van der Waals surface area contributed by atoms with Crippen LogP contribution in [0.3, 0.4) is 0 Å². The lowest BCUT2D eigenvalue weighted by Gasteiger charge is -2.36. The number of carbonyl (C=O) groups excluding carboxylic acids is 2. The number of aryl methyl sites for hydroxylation is 2. The Bertz CT molecular complexity index is 3250. The zero-order valence-corrected chi connectivity index (χ0v) is 62.5. The number of fused-ring (bicyclic) bond motifs is 2. The molecule has 9 fully saturated rings. The van der Waals surface area contributed by atoms with E-state index in [-0.39, 0.29) is 53.6 Å². The molecule has 7 aliphatic carbocycles. The molecule has 0 unspecified atom stereocenters. The third-order valence-electron chi connectivity index (χ3n) is 22.9. The molecule has 548 valence electrons. The molecule has 9 aliphatic rings.